The number of ether oxygens (including phenoxy) is 2. The molecular weight excluding hydrogens is 376 g/mol. The van der Waals surface area contributed by atoms with Gasteiger partial charge in [0.15, 0.2) is 5.75 Å². The number of aromatic hydroxyl groups is 2. The fourth-order valence-corrected chi connectivity index (χ4v) is 2.01. The largest absolute Gasteiger partial charge is 0.507 e. The Kier molecular flexibility index (Phi) is 7.62. The predicted octanol–water partition coefficient (Wildman–Crippen LogP) is 2.75. The van der Waals surface area contributed by atoms with E-state index in [4.69, 9.17) is 27.2 Å². The molecule has 8 nitrogen and oxygen atoms in total. The number of carbonyl (C=O) groups is 2. The van der Waals surface area contributed by atoms with Crippen molar-refractivity contribution in [3.05, 3.63) is 57.6 Å². The van der Waals surface area contributed by atoms with E-state index in [0.717, 1.165) is 0 Å². The van der Waals surface area contributed by atoms with E-state index in [2.05, 4.69) is 9.47 Å². The molecule has 0 bridgehead atoms. The summed E-state index contributed by atoms with van der Waals surface area (Å²) in [5, 5.41) is 35.5. The monoisotopic (exact) mass is 388 g/mol. The summed E-state index contributed by atoms with van der Waals surface area (Å²) in [6.07, 6.45) is 0. The molecular formula is C18H13ClN2O6. The minimum Gasteiger partial charge on any atom is -0.507 e. The molecule has 138 valence electrons. The van der Waals surface area contributed by atoms with Gasteiger partial charge in [0.25, 0.3) is 0 Å². The normalized spacial score (nSPS) is 9.07. The summed E-state index contributed by atoms with van der Waals surface area (Å²) in [5.74, 6) is -1.61. The number of halogens is 1. The molecule has 2 aromatic rings. The Hall–Kier alpha value is -3.75. The van der Waals surface area contributed by atoms with Crippen molar-refractivity contribution in [2.45, 2.75) is 0 Å². The van der Waals surface area contributed by atoms with Crippen molar-refractivity contribution < 1.29 is 29.3 Å². The predicted molar refractivity (Wildman–Crippen MR) is 93.3 cm³/mol. The Morgan fingerprint density at radius 2 is 1.44 bits per heavy atom. The first-order valence-corrected chi connectivity index (χ1v) is 7.49. The third-order valence-corrected chi connectivity index (χ3v) is 3.43. The number of phenols is 2. The van der Waals surface area contributed by atoms with Crippen LogP contribution in [0.15, 0.2) is 30.3 Å². The molecule has 0 aliphatic carbocycles. The lowest BCUT2D eigenvalue weighted by Gasteiger charge is -2.03. The number of phenolic OH excluding ortho intramolecular Hbond substituents is 2. The zero-order chi connectivity index (χ0) is 20.6. The van der Waals surface area contributed by atoms with Gasteiger partial charge in [-0.3, -0.25) is 0 Å². The second kappa shape index (κ2) is 9.66. The van der Waals surface area contributed by atoms with Gasteiger partial charge < -0.3 is 19.7 Å². The molecule has 2 N–H and O–H groups in total. The molecule has 0 aliphatic heterocycles. The second-order valence-corrected chi connectivity index (χ2v) is 5.20. The highest BCUT2D eigenvalue weighted by atomic mass is 35.5. The summed E-state index contributed by atoms with van der Waals surface area (Å²) in [4.78, 5) is 22.1. The number of rotatable bonds is 2. The van der Waals surface area contributed by atoms with Crippen molar-refractivity contribution in [3.8, 4) is 23.6 Å². The average molecular weight is 389 g/mol. The Labute approximate surface area is 159 Å². The highest BCUT2D eigenvalue weighted by Crippen LogP contribution is 2.28. The van der Waals surface area contributed by atoms with Gasteiger partial charge in [-0.15, -0.1) is 0 Å². The average Bonchev–Trinajstić information content (AvgIpc) is 2.69. The fourth-order valence-electron chi connectivity index (χ4n) is 1.79. The Morgan fingerprint density at radius 1 is 0.926 bits per heavy atom. The van der Waals surface area contributed by atoms with Gasteiger partial charge in [0.2, 0.25) is 0 Å². The number of hydrogen-bond acceptors (Lipinski definition) is 8. The van der Waals surface area contributed by atoms with E-state index >= 15 is 0 Å². The number of benzene rings is 2. The van der Waals surface area contributed by atoms with Crippen LogP contribution < -0.4 is 0 Å². The Bertz CT molecular complexity index is 960. The lowest BCUT2D eigenvalue weighted by Crippen LogP contribution is -2.01. The standard InChI is InChI=1S/C9H6ClNO3.C9H7NO3/c1-14-9(13)5-2-6(4-11)8(12)7(10)3-5;1-13-9(12)6-2-3-8(11)7(4-6)5-10/h2-3,12H,1H3;2-4,11H,1H3. The minimum atomic E-state index is -0.608. The highest BCUT2D eigenvalue weighted by molar-refractivity contribution is 6.32. The van der Waals surface area contributed by atoms with Gasteiger partial charge in [-0.1, -0.05) is 11.6 Å². The summed E-state index contributed by atoms with van der Waals surface area (Å²) >= 11 is 5.59. The molecule has 0 aromatic heterocycles. The van der Waals surface area contributed by atoms with Gasteiger partial charge in [-0.05, 0) is 30.3 Å². The van der Waals surface area contributed by atoms with Crippen molar-refractivity contribution in [2.24, 2.45) is 0 Å². The molecule has 2 aromatic carbocycles. The van der Waals surface area contributed by atoms with Crippen molar-refractivity contribution in [3.63, 3.8) is 0 Å². The lowest BCUT2D eigenvalue weighted by atomic mass is 10.1. The van der Waals surface area contributed by atoms with E-state index < -0.39 is 11.9 Å². The van der Waals surface area contributed by atoms with Gasteiger partial charge >= 0.3 is 11.9 Å². The molecule has 9 heteroatoms. The molecule has 27 heavy (non-hydrogen) atoms. The first-order valence-electron chi connectivity index (χ1n) is 7.11. The van der Waals surface area contributed by atoms with Gasteiger partial charge in [-0.25, -0.2) is 9.59 Å². The van der Waals surface area contributed by atoms with Gasteiger partial charge in [0.05, 0.1) is 41.5 Å². The SMILES string of the molecule is COC(=O)c1cc(Cl)c(O)c(C#N)c1.COC(=O)c1ccc(O)c(C#N)c1. The Morgan fingerprint density at radius 3 is 1.96 bits per heavy atom. The molecule has 0 saturated heterocycles. The van der Waals surface area contributed by atoms with Crippen LogP contribution in [0.25, 0.3) is 0 Å². The third kappa shape index (κ3) is 5.36. The molecule has 0 fully saturated rings. The molecule has 2 rings (SSSR count). The highest BCUT2D eigenvalue weighted by Gasteiger charge is 2.13. The topological polar surface area (TPSA) is 141 Å². The summed E-state index contributed by atoms with van der Waals surface area (Å²) < 4.78 is 8.89. The van der Waals surface area contributed by atoms with Crippen molar-refractivity contribution >= 4 is 23.5 Å². The summed E-state index contributed by atoms with van der Waals surface area (Å²) in [6, 6.07) is 9.88. The van der Waals surface area contributed by atoms with Crippen LogP contribution in [0.3, 0.4) is 0 Å². The van der Waals surface area contributed by atoms with Crippen LogP contribution in [0.2, 0.25) is 5.02 Å². The quantitative estimate of drug-likeness (QED) is 0.748. The second-order valence-electron chi connectivity index (χ2n) is 4.79. The fraction of sp³-hybridized carbons (Fsp3) is 0.111. The molecule has 0 saturated carbocycles. The van der Waals surface area contributed by atoms with Crippen LogP contribution in [0.4, 0.5) is 0 Å². The zero-order valence-corrected chi connectivity index (χ0v) is 14.9. The van der Waals surface area contributed by atoms with Gasteiger partial charge in [0, 0.05) is 0 Å². The van der Waals surface area contributed by atoms with E-state index in [1.165, 1.54) is 44.6 Å². The first-order chi connectivity index (χ1) is 12.8. The van der Waals surface area contributed by atoms with Crippen LogP contribution in [-0.4, -0.2) is 36.4 Å². The van der Waals surface area contributed by atoms with Crippen LogP contribution in [0, 0.1) is 22.7 Å². The summed E-state index contributed by atoms with van der Waals surface area (Å²) in [6.45, 7) is 0. The van der Waals surface area contributed by atoms with E-state index in [-0.39, 0.29) is 38.8 Å². The van der Waals surface area contributed by atoms with Crippen LogP contribution in [-0.2, 0) is 9.47 Å². The van der Waals surface area contributed by atoms with Crippen LogP contribution in [0.1, 0.15) is 31.8 Å². The maximum absolute atomic E-state index is 11.1. The van der Waals surface area contributed by atoms with E-state index in [9.17, 15) is 14.7 Å². The number of hydrogen-bond donors (Lipinski definition) is 2. The van der Waals surface area contributed by atoms with Crippen molar-refractivity contribution in [1.82, 2.24) is 0 Å². The smallest absolute Gasteiger partial charge is 0.337 e. The zero-order valence-electron chi connectivity index (χ0n) is 14.2. The van der Waals surface area contributed by atoms with Crippen LogP contribution >= 0.6 is 11.6 Å². The van der Waals surface area contributed by atoms with Crippen molar-refractivity contribution in [1.29, 1.82) is 10.5 Å². The summed E-state index contributed by atoms with van der Waals surface area (Å²) in [5.41, 5.74) is 0.379. The minimum absolute atomic E-state index is 0.0514. The Balaban J connectivity index is 0.000000271. The number of esters is 2. The first kappa shape index (κ1) is 21.3. The molecule has 0 heterocycles. The lowest BCUT2D eigenvalue weighted by molar-refractivity contribution is 0.0591. The maximum atomic E-state index is 11.1. The van der Waals surface area contributed by atoms with Gasteiger partial charge in [-0.2, -0.15) is 10.5 Å². The van der Waals surface area contributed by atoms with Crippen molar-refractivity contribution in [2.75, 3.05) is 14.2 Å². The summed E-state index contributed by atoms with van der Waals surface area (Å²) in [7, 11) is 2.47. The maximum Gasteiger partial charge on any atom is 0.337 e. The molecule has 0 spiro atoms. The van der Waals surface area contributed by atoms with E-state index in [0.29, 0.717) is 0 Å². The molecule has 0 aliphatic rings. The van der Waals surface area contributed by atoms with E-state index in [1.807, 2.05) is 0 Å². The number of carbonyl (C=O) groups excluding carboxylic acids is 2. The number of nitriles is 2. The number of nitrogens with zero attached hydrogens (tertiary/aromatic N) is 2. The van der Waals surface area contributed by atoms with Crippen LogP contribution in [0.5, 0.6) is 11.5 Å². The number of methoxy groups -OCH3 is 2. The molecule has 0 unspecified atom stereocenters. The van der Waals surface area contributed by atoms with E-state index in [1.54, 1.807) is 12.1 Å². The molecule has 0 atom stereocenters. The van der Waals surface area contributed by atoms with Gasteiger partial charge in [0.1, 0.15) is 17.9 Å². The molecule has 0 radical (unpaired) electrons. The third-order valence-electron chi connectivity index (χ3n) is 3.14. The molecule has 0 amide bonds.